The lowest BCUT2D eigenvalue weighted by Gasteiger charge is -2.27. The van der Waals surface area contributed by atoms with Gasteiger partial charge in [0, 0.05) is 27.8 Å². The first kappa shape index (κ1) is 13.9. The maximum Gasteiger partial charge on any atom is 0.128 e. The molecule has 1 aromatic heterocycles. The van der Waals surface area contributed by atoms with Crippen molar-refractivity contribution in [2.24, 2.45) is 5.92 Å². The van der Waals surface area contributed by atoms with Gasteiger partial charge in [0.1, 0.15) is 5.75 Å². The van der Waals surface area contributed by atoms with Crippen LogP contribution in [0.1, 0.15) is 42.5 Å². The number of ether oxygens (including phenoxy) is 1. The van der Waals surface area contributed by atoms with Crippen LogP contribution in [0.2, 0.25) is 0 Å². The maximum absolute atomic E-state index is 5.48. The van der Waals surface area contributed by atoms with Gasteiger partial charge in [-0.25, -0.2) is 0 Å². The van der Waals surface area contributed by atoms with E-state index in [-0.39, 0.29) is 0 Å². The average molecular weight is 312 g/mol. The summed E-state index contributed by atoms with van der Waals surface area (Å²) in [6.07, 6.45) is 8.33. The molecule has 1 aliphatic rings. The molecule has 1 aliphatic carbocycles. The Labute approximate surface area is 118 Å². The molecule has 0 saturated heterocycles. The van der Waals surface area contributed by atoms with Crippen LogP contribution in [0.3, 0.4) is 0 Å². The molecule has 0 bridgehead atoms. The number of nitrogens with zero attached hydrogens (tertiary/aromatic N) is 1. The van der Waals surface area contributed by atoms with Crippen molar-refractivity contribution in [2.45, 2.75) is 50.8 Å². The molecule has 2 nitrogen and oxygen atoms in total. The van der Waals surface area contributed by atoms with Crippen LogP contribution in [0.15, 0.2) is 6.20 Å². The summed E-state index contributed by atoms with van der Waals surface area (Å²) in [4.78, 5) is 5.27. The van der Waals surface area contributed by atoms with E-state index in [1.807, 2.05) is 6.20 Å². The van der Waals surface area contributed by atoms with Gasteiger partial charge < -0.3 is 4.74 Å². The molecule has 2 atom stereocenters. The van der Waals surface area contributed by atoms with E-state index in [1.54, 1.807) is 7.11 Å². The average Bonchev–Trinajstić information content (AvgIpc) is 2.36. The first-order valence-corrected chi connectivity index (χ1v) is 7.68. The Morgan fingerprint density at radius 1 is 1.33 bits per heavy atom. The predicted octanol–water partition coefficient (Wildman–Crippen LogP) is 4.20. The largest absolute Gasteiger partial charge is 0.496 e. The van der Waals surface area contributed by atoms with E-state index in [4.69, 9.17) is 4.74 Å². The number of pyridine rings is 1. The Bertz CT molecular complexity index is 419. The van der Waals surface area contributed by atoms with E-state index in [2.05, 4.69) is 34.8 Å². The first-order chi connectivity index (χ1) is 8.63. The summed E-state index contributed by atoms with van der Waals surface area (Å²) in [6.45, 7) is 4.18. The van der Waals surface area contributed by atoms with Gasteiger partial charge in [-0.05, 0) is 39.0 Å². The zero-order chi connectivity index (χ0) is 13.1. The summed E-state index contributed by atoms with van der Waals surface area (Å²) >= 11 is 3.83. The van der Waals surface area contributed by atoms with E-state index >= 15 is 0 Å². The van der Waals surface area contributed by atoms with Gasteiger partial charge in [0.05, 0.1) is 7.11 Å². The molecule has 1 saturated carbocycles. The molecule has 1 heterocycles. The van der Waals surface area contributed by atoms with Crippen LogP contribution < -0.4 is 4.74 Å². The summed E-state index contributed by atoms with van der Waals surface area (Å²) in [6, 6.07) is 0. The smallest absolute Gasteiger partial charge is 0.128 e. The van der Waals surface area contributed by atoms with Gasteiger partial charge in [0.25, 0.3) is 0 Å². The first-order valence-electron chi connectivity index (χ1n) is 6.76. The fraction of sp³-hybridized carbons (Fsp3) is 0.667. The third kappa shape index (κ3) is 2.87. The van der Waals surface area contributed by atoms with Crippen molar-refractivity contribution < 1.29 is 4.74 Å². The lowest BCUT2D eigenvalue weighted by Crippen LogP contribution is -2.22. The van der Waals surface area contributed by atoms with Crippen LogP contribution in [0.4, 0.5) is 0 Å². The van der Waals surface area contributed by atoms with Crippen LogP contribution in [-0.4, -0.2) is 16.9 Å². The zero-order valence-corrected chi connectivity index (χ0v) is 13.1. The fourth-order valence-corrected chi connectivity index (χ4v) is 3.69. The van der Waals surface area contributed by atoms with Gasteiger partial charge in [0.2, 0.25) is 0 Å². The molecule has 0 N–H and O–H groups in total. The second-order valence-electron chi connectivity index (χ2n) is 5.31. The normalized spacial score (nSPS) is 24.0. The molecular formula is C15H22BrNO. The zero-order valence-electron chi connectivity index (χ0n) is 11.5. The monoisotopic (exact) mass is 311 g/mol. The number of halogens is 1. The highest BCUT2D eigenvalue weighted by atomic mass is 79.9. The minimum atomic E-state index is 0.653. The molecule has 0 aromatic carbocycles. The third-order valence-corrected chi connectivity index (χ3v) is 5.23. The Morgan fingerprint density at radius 3 is 2.72 bits per heavy atom. The highest BCUT2D eigenvalue weighted by molar-refractivity contribution is 9.09. The number of aryl methyl sites for hydroxylation is 1. The highest BCUT2D eigenvalue weighted by Gasteiger charge is 2.24. The lowest BCUT2D eigenvalue weighted by molar-refractivity contribution is 0.367. The van der Waals surface area contributed by atoms with Crippen molar-refractivity contribution >= 4 is 15.9 Å². The standard InChI is InChI=1S/C15H22BrNO/c1-10-9-17-14(11(2)15(10)18-3)8-12-6-4-5-7-13(12)16/h9,12-13H,4-8H2,1-3H3. The fourth-order valence-electron chi connectivity index (χ4n) is 2.92. The van der Waals surface area contributed by atoms with Crippen molar-refractivity contribution in [2.75, 3.05) is 7.11 Å². The molecule has 0 radical (unpaired) electrons. The number of hydrogen-bond acceptors (Lipinski definition) is 2. The number of hydrogen-bond donors (Lipinski definition) is 0. The molecule has 2 rings (SSSR count). The van der Waals surface area contributed by atoms with Crippen LogP contribution in [0.5, 0.6) is 5.75 Å². The molecule has 18 heavy (non-hydrogen) atoms. The van der Waals surface area contributed by atoms with Gasteiger partial charge in [-0.3, -0.25) is 4.98 Å². The summed E-state index contributed by atoms with van der Waals surface area (Å²) in [5, 5.41) is 0. The predicted molar refractivity (Wildman–Crippen MR) is 78.6 cm³/mol. The summed E-state index contributed by atoms with van der Waals surface area (Å²) < 4.78 is 5.48. The highest BCUT2D eigenvalue weighted by Crippen LogP contribution is 2.34. The summed E-state index contributed by atoms with van der Waals surface area (Å²) in [5.74, 6) is 1.72. The van der Waals surface area contributed by atoms with E-state index in [1.165, 1.54) is 36.9 Å². The number of rotatable bonds is 3. The Balaban J connectivity index is 2.18. The van der Waals surface area contributed by atoms with Crippen molar-refractivity contribution in [1.29, 1.82) is 0 Å². The topological polar surface area (TPSA) is 22.1 Å². The second kappa shape index (κ2) is 6.05. The van der Waals surface area contributed by atoms with Crippen LogP contribution >= 0.6 is 15.9 Å². The molecule has 0 spiro atoms. The van der Waals surface area contributed by atoms with E-state index in [0.29, 0.717) is 4.83 Å². The van der Waals surface area contributed by atoms with Crippen LogP contribution in [0, 0.1) is 19.8 Å². The Morgan fingerprint density at radius 2 is 2.06 bits per heavy atom. The number of methoxy groups -OCH3 is 1. The molecule has 1 aromatic rings. The minimum absolute atomic E-state index is 0.653. The van der Waals surface area contributed by atoms with Crippen molar-refractivity contribution in [3.63, 3.8) is 0 Å². The van der Waals surface area contributed by atoms with E-state index < -0.39 is 0 Å². The summed E-state index contributed by atoms with van der Waals surface area (Å²) in [7, 11) is 1.74. The lowest BCUT2D eigenvalue weighted by atomic mass is 9.85. The Kier molecular flexibility index (Phi) is 4.66. The van der Waals surface area contributed by atoms with Gasteiger partial charge in [-0.1, -0.05) is 28.8 Å². The van der Waals surface area contributed by atoms with Crippen LogP contribution in [0.25, 0.3) is 0 Å². The maximum atomic E-state index is 5.48. The van der Waals surface area contributed by atoms with E-state index in [9.17, 15) is 0 Å². The van der Waals surface area contributed by atoms with Crippen LogP contribution in [-0.2, 0) is 6.42 Å². The number of aromatic nitrogens is 1. The molecule has 100 valence electrons. The SMILES string of the molecule is COc1c(C)cnc(CC2CCCCC2Br)c1C. The second-order valence-corrected chi connectivity index (χ2v) is 6.49. The number of alkyl halides is 1. The van der Waals surface area contributed by atoms with Crippen molar-refractivity contribution in [1.82, 2.24) is 4.98 Å². The molecular weight excluding hydrogens is 290 g/mol. The van der Waals surface area contributed by atoms with Gasteiger partial charge in [0.15, 0.2) is 0 Å². The quantitative estimate of drug-likeness (QED) is 0.780. The van der Waals surface area contributed by atoms with Gasteiger partial charge in [-0.15, -0.1) is 0 Å². The van der Waals surface area contributed by atoms with Crippen molar-refractivity contribution in [3.8, 4) is 5.75 Å². The molecule has 0 amide bonds. The summed E-state index contributed by atoms with van der Waals surface area (Å²) in [5.41, 5.74) is 3.54. The molecule has 2 unspecified atom stereocenters. The van der Waals surface area contributed by atoms with Gasteiger partial charge in [-0.2, -0.15) is 0 Å². The Hall–Kier alpha value is -0.570. The molecule has 0 aliphatic heterocycles. The minimum Gasteiger partial charge on any atom is -0.496 e. The van der Waals surface area contributed by atoms with E-state index in [0.717, 1.165) is 23.7 Å². The molecule has 3 heteroatoms. The third-order valence-electron chi connectivity index (χ3n) is 4.02. The molecule has 1 fully saturated rings. The van der Waals surface area contributed by atoms with Gasteiger partial charge >= 0.3 is 0 Å². The van der Waals surface area contributed by atoms with Crippen molar-refractivity contribution in [3.05, 3.63) is 23.0 Å².